The molecule has 0 amide bonds. The van der Waals surface area contributed by atoms with Gasteiger partial charge in [-0.15, -0.1) is 0 Å². The van der Waals surface area contributed by atoms with E-state index < -0.39 is 0 Å². The molecule has 2 heterocycles. The second kappa shape index (κ2) is 4.62. The normalized spacial score (nSPS) is 20.5. The van der Waals surface area contributed by atoms with Crippen molar-refractivity contribution < 1.29 is 4.74 Å². The lowest BCUT2D eigenvalue weighted by Crippen LogP contribution is -2.28. The van der Waals surface area contributed by atoms with Crippen LogP contribution in [0.4, 0.5) is 0 Å². The summed E-state index contributed by atoms with van der Waals surface area (Å²) in [5.74, 6) is 0.881. The summed E-state index contributed by atoms with van der Waals surface area (Å²) in [7, 11) is 0. The van der Waals surface area contributed by atoms with Crippen LogP contribution in [0.3, 0.4) is 0 Å². The van der Waals surface area contributed by atoms with Crippen molar-refractivity contribution in [1.82, 2.24) is 10.3 Å². The number of pyridine rings is 1. The number of aromatic nitrogens is 1. The van der Waals surface area contributed by atoms with Gasteiger partial charge < -0.3 is 10.1 Å². The Balaban J connectivity index is 1.90. The van der Waals surface area contributed by atoms with Crippen LogP contribution in [0.25, 0.3) is 0 Å². The third-order valence-electron chi connectivity index (χ3n) is 2.93. The molecule has 1 aliphatic rings. The van der Waals surface area contributed by atoms with Crippen LogP contribution in [0.15, 0.2) is 12.3 Å². The second-order valence-corrected chi connectivity index (χ2v) is 4.18. The number of ether oxygens (including phenoxy) is 1. The van der Waals surface area contributed by atoms with Crippen molar-refractivity contribution in [3.8, 4) is 5.75 Å². The molecule has 0 aliphatic carbocycles. The van der Waals surface area contributed by atoms with Gasteiger partial charge >= 0.3 is 0 Å². The summed E-state index contributed by atoms with van der Waals surface area (Å²) in [4.78, 5) is 4.28. The third kappa shape index (κ3) is 2.69. The summed E-state index contributed by atoms with van der Waals surface area (Å²) in [5, 5.41) is 3.41. The van der Waals surface area contributed by atoms with E-state index in [1.165, 1.54) is 18.4 Å². The fraction of sp³-hybridized carbons (Fsp3) is 0.583. The van der Waals surface area contributed by atoms with Gasteiger partial charge in [0, 0.05) is 11.7 Å². The van der Waals surface area contributed by atoms with Gasteiger partial charge in [0.25, 0.3) is 0 Å². The predicted octanol–water partition coefficient (Wildman–Crippen LogP) is 1.83. The minimum Gasteiger partial charge on any atom is -0.490 e. The van der Waals surface area contributed by atoms with Gasteiger partial charge in [-0.05, 0) is 44.9 Å². The van der Waals surface area contributed by atoms with Gasteiger partial charge in [-0.3, -0.25) is 4.98 Å². The molecule has 0 spiro atoms. The van der Waals surface area contributed by atoms with E-state index in [9.17, 15) is 0 Å². The molecule has 0 aromatic carbocycles. The standard InChI is InChI=1S/C12H18N2O/c1-9-6-12(7-14-10(9)2)15-8-11-4-3-5-13-11/h6-7,11,13H,3-5,8H2,1-2H3/t11-/m0/s1. The number of rotatable bonds is 3. The van der Waals surface area contributed by atoms with Gasteiger partial charge in [-0.25, -0.2) is 0 Å². The van der Waals surface area contributed by atoms with E-state index in [0.29, 0.717) is 6.04 Å². The maximum absolute atomic E-state index is 5.70. The molecule has 1 atom stereocenters. The first kappa shape index (κ1) is 10.4. The smallest absolute Gasteiger partial charge is 0.137 e. The van der Waals surface area contributed by atoms with E-state index in [-0.39, 0.29) is 0 Å². The van der Waals surface area contributed by atoms with Crippen molar-refractivity contribution in [1.29, 1.82) is 0 Å². The van der Waals surface area contributed by atoms with Crippen molar-refractivity contribution in [2.45, 2.75) is 32.7 Å². The Morgan fingerprint density at radius 2 is 2.40 bits per heavy atom. The van der Waals surface area contributed by atoms with Crippen LogP contribution in [0.5, 0.6) is 5.75 Å². The first-order valence-electron chi connectivity index (χ1n) is 5.55. The molecule has 1 aromatic rings. The average molecular weight is 206 g/mol. The number of nitrogens with one attached hydrogen (secondary N) is 1. The summed E-state index contributed by atoms with van der Waals surface area (Å²) in [6, 6.07) is 2.57. The Bertz CT molecular complexity index is 332. The van der Waals surface area contributed by atoms with E-state index in [0.717, 1.165) is 24.6 Å². The molecule has 0 unspecified atom stereocenters. The van der Waals surface area contributed by atoms with Crippen molar-refractivity contribution in [2.75, 3.05) is 13.2 Å². The molecule has 2 rings (SSSR count). The van der Waals surface area contributed by atoms with Crippen LogP contribution in [0, 0.1) is 13.8 Å². The maximum Gasteiger partial charge on any atom is 0.137 e. The molecule has 3 nitrogen and oxygen atoms in total. The van der Waals surface area contributed by atoms with Crippen LogP contribution in [-0.2, 0) is 0 Å². The number of nitrogens with zero attached hydrogens (tertiary/aromatic N) is 1. The van der Waals surface area contributed by atoms with E-state index in [4.69, 9.17) is 4.74 Å². The highest BCUT2D eigenvalue weighted by atomic mass is 16.5. The zero-order valence-electron chi connectivity index (χ0n) is 9.42. The summed E-state index contributed by atoms with van der Waals surface area (Å²) in [6.07, 6.45) is 4.29. The number of hydrogen-bond acceptors (Lipinski definition) is 3. The largest absolute Gasteiger partial charge is 0.490 e. The van der Waals surface area contributed by atoms with Crippen LogP contribution < -0.4 is 10.1 Å². The van der Waals surface area contributed by atoms with Crippen molar-refractivity contribution >= 4 is 0 Å². The number of aryl methyl sites for hydroxylation is 2. The first-order chi connectivity index (χ1) is 7.25. The quantitative estimate of drug-likeness (QED) is 0.819. The molecule has 82 valence electrons. The lowest BCUT2D eigenvalue weighted by Gasteiger charge is -2.12. The second-order valence-electron chi connectivity index (χ2n) is 4.18. The first-order valence-corrected chi connectivity index (χ1v) is 5.55. The molecule has 3 heteroatoms. The molecule has 1 aromatic heterocycles. The maximum atomic E-state index is 5.70. The van der Waals surface area contributed by atoms with Crippen molar-refractivity contribution in [3.05, 3.63) is 23.5 Å². The topological polar surface area (TPSA) is 34.1 Å². The van der Waals surface area contributed by atoms with E-state index in [1.54, 1.807) is 6.20 Å². The average Bonchev–Trinajstić information content (AvgIpc) is 2.73. The molecule has 1 N–H and O–H groups in total. The highest BCUT2D eigenvalue weighted by Gasteiger charge is 2.14. The Morgan fingerprint density at radius 1 is 1.53 bits per heavy atom. The minimum atomic E-state index is 0.520. The Hall–Kier alpha value is -1.09. The van der Waals surface area contributed by atoms with Crippen LogP contribution in [0.2, 0.25) is 0 Å². The van der Waals surface area contributed by atoms with Gasteiger partial charge in [0.15, 0.2) is 0 Å². The van der Waals surface area contributed by atoms with Crippen LogP contribution >= 0.6 is 0 Å². The molecule has 15 heavy (non-hydrogen) atoms. The molecule has 1 saturated heterocycles. The van der Waals surface area contributed by atoms with E-state index >= 15 is 0 Å². The van der Waals surface area contributed by atoms with Gasteiger partial charge in [0.05, 0.1) is 6.20 Å². The minimum absolute atomic E-state index is 0.520. The SMILES string of the molecule is Cc1cc(OC[C@@H]2CCCN2)cnc1C. The molecule has 0 radical (unpaired) electrons. The lowest BCUT2D eigenvalue weighted by atomic mass is 10.2. The molecular formula is C12H18N2O. The molecule has 0 bridgehead atoms. The van der Waals surface area contributed by atoms with Crippen LogP contribution in [0.1, 0.15) is 24.1 Å². The fourth-order valence-corrected chi connectivity index (χ4v) is 1.79. The number of hydrogen-bond donors (Lipinski definition) is 1. The highest BCUT2D eigenvalue weighted by Crippen LogP contribution is 2.15. The molecule has 1 fully saturated rings. The van der Waals surface area contributed by atoms with Gasteiger partial charge in [-0.2, -0.15) is 0 Å². The van der Waals surface area contributed by atoms with E-state index in [2.05, 4.69) is 23.3 Å². The van der Waals surface area contributed by atoms with Crippen molar-refractivity contribution in [3.63, 3.8) is 0 Å². The Kier molecular flexibility index (Phi) is 3.21. The molecule has 0 saturated carbocycles. The van der Waals surface area contributed by atoms with Gasteiger partial charge in [0.1, 0.15) is 12.4 Å². The summed E-state index contributed by atoms with van der Waals surface area (Å²) in [6.45, 7) is 5.95. The van der Waals surface area contributed by atoms with Gasteiger partial charge in [0.2, 0.25) is 0 Å². The van der Waals surface area contributed by atoms with E-state index in [1.807, 2.05) is 6.92 Å². The highest BCUT2D eigenvalue weighted by molar-refractivity contribution is 5.27. The van der Waals surface area contributed by atoms with Gasteiger partial charge in [-0.1, -0.05) is 0 Å². The lowest BCUT2D eigenvalue weighted by molar-refractivity contribution is 0.276. The summed E-state index contributed by atoms with van der Waals surface area (Å²) < 4.78 is 5.70. The van der Waals surface area contributed by atoms with Crippen molar-refractivity contribution in [2.24, 2.45) is 0 Å². The summed E-state index contributed by atoms with van der Waals surface area (Å²) in [5.41, 5.74) is 2.26. The fourth-order valence-electron chi connectivity index (χ4n) is 1.79. The Labute approximate surface area is 90.9 Å². The molecule has 1 aliphatic heterocycles. The summed E-state index contributed by atoms with van der Waals surface area (Å²) >= 11 is 0. The zero-order chi connectivity index (χ0) is 10.7. The monoisotopic (exact) mass is 206 g/mol. The molecular weight excluding hydrogens is 188 g/mol. The third-order valence-corrected chi connectivity index (χ3v) is 2.93. The predicted molar refractivity (Wildman–Crippen MR) is 60.2 cm³/mol. The Morgan fingerprint density at radius 3 is 3.07 bits per heavy atom. The van der Waals surface area contributed by atoms with Crippen LogP contribution in [-0.4, -0.2) is 24.2 Å². The zero-order valence-corrected chi connectivity index (χ0v) is 9.42.